The molecule has 1 aromatic carbocycles. The first-order chi connectivity index (χ1) is 7.54. The second kappa shape index (κ2) is 5.30. The van der Waals surface area contributed by atoms with Gasteiger partial charge >= 0.3 is 11.9 Å². The number of aliphatic carboxylic acids is 1. The number of hydrogen-bond acceptors (Lipinski definition) is 3. The third-order valence-corrected chi connectivity index (χ3v) is 2.38. The molecule has 0 aliphatic rings. The van der Waals surface area contributed by atoms with Crippen LogP contribution in [0.4, 0.5) is 0 Å². The standard InChI is InChI=1S/C12H14O4/c1-8-3-4-10(12(15)16-2)7-9(8)5-6-11(13)14/h3-4,7H,5-6H2,1-2H3,(H,13,14). The van der Waals surface area contributed by atoms with Gasteiger partial charge in [-0.15, -0.1) is 0 Å². The number of aryl methyl sites for hydroxylation is 2. The topological polar surface area (TPSA) is 63.6 Å². The van der Waals surface area contributed by atoms with Crippen LogP contribution in [0.1, 0.15) is 27.9 Å². The first-order valence-corrected chi connectivity index (χ1v) is 4.94. The van der Waals surface area contributed by atoms with Crippen LogP contribution in [-0.4, -0.2) is 24.2 Å². The summed E-state index contributed by atoms with van der Waals surface area (Å²) >= 11 is 0. The predicted molar refractivity (Wildman–Crippen MR) is 58.5 cm³/mol. The van der Waals surface area contributed by atoms with E-state index < -0.39 is 11.9 Å². The number of carboxylic acids is 1. The average Bonchev–Trinajstić information content (AvgIpc) is 2.26. The van der Waals surface area contributed by atoms with E-state index in [2.05, 4.69) is 4.74 Å². The molecular weight excluding hydrogens is 208 g/mol. The minimum atomic E-state index is -0.845. The van der Waals surface area contributed by atoms with E-state index in [1.165, 1.54) is 7.11 Å². The number of hydrogen-bond donors (Lipinski definition) is 1. The van der Waals surface area contributed by atoms with Crippen LogP contribution in [0.15, 0.2) is 18.2 Å². The van der Waals surface area contributed by atoms with Crippen LogP contribution >= 0.6 is 0 Å². The van der Waals surface area contributed by atoms with Crippen molar-refractivity contribution in [1.29, 1.82) is 0 Å². The Bertz CT molecular complexity index is 409. The van der Waals surface area contributed by atoms with Gasteiger partial charge in [0.05, 0.1) is 12.7 Å². The number of esters is 1. The maximum Gasteiger partial charge on any atom is 0.337 e. The highest BCUT2D eigenvalue weighted by molar-refractivity contribution is 5.89. The molecule has 1 rings (SSSR count). The molecule has 4 heteroatoms. The lowest BCUT2D eigenvalue weighted by molar-refractivity contribution is -0.136. The van der Waals surface area contributed by atoms with E-state index in [0.29, 0.717) is 12.0 Å². The van der Waals surface area contributed by atoms with Gasteiger partial charge in [-0.05, 0) is 36.6 Å². The third-order valence-electron chi connectivity index (χ3n) is 2.38. The van der Waals surface area contributed by atoms with Gasteiger partial charge in [-0.25, -0.2) is 4.79 Å². The van der Waals surface area contributed by atoms with Crippen molar-refractivity contribution in [3.63, 3.8) is 0 Å². The fourth-order valence-corrected chi connectivity index (χ4v) is 1.43. The smallest absolute Gasteiger partial charge is 0.337 e. The molecule has 0 amide bonds. The lowest BCUT2D eigenvalue weighted by atomic mass is 10.0. The molecule has 0 heterocycles. The highest BCUT2D eigenvalue weighted by atomic mass is 16.5. The van der Waals surface area contributed by atoms with Crippen molar-refractivity contribution in [2.75, 3.05) is 7.11 Å². The van der Waals surface area contributed by atoms with Gasteiger partial charge < -0.3 is 9.84 Å². The van der Waals surface area contributed by atoms with Crippen LogP contribution in [0.5, 0.6) is 0 Å². The molecule has 1 N–H and O–H groups in total. The molecule has 4 nitrogen and oxygen atoms in total. The fourth-order valence-electron chi connectivity index (χ4n) is 1.43. The second-order valence-electron chi connectivity index (χ2n) is 3.53. The number of carbonyl (C=O) groups is 2. The quantitative estimate of drug-likeness (QED) is 0.789. The van der Waals surface area contributed by atoms with Crippen molar-refractivity contribution in [3.8, 4) is 0 Å². The van der Waals surface area contributed by atoms with Gasteiger partial charge in [0.2, 0.25) is 0 Å². The van der Waals surface area contributed by atoms with E-state index >= 15 is 0 Å². The number of rotatable bonds is 4. The maximum absolute atomic E-state index is 11.3. The van der Waals surface area contributed by atoms with Crippen LogP contribution in [0.2, 0.25) is 0 Å². The average molecular weight is 222 g/mol. The third kappa shape index (κ3) is 3.08. The van der Waals surface area contributed by atoms with Gasteiger partial charge in [0.15, 0.2) is 0 Å². The number of benzene rings is 1. The monoisotopic (exact) mass is 222 g/mol. The molecule has 0 fully saturated rings. The Morgan fingerprint density at radius 2 is 2.06 bits per heavy atom. The minimum Gasteiger partial charge on any atom is -0.481 e. The molecular formula is C12H14O4. The molecule has 0 atom stereocenters. The molecule has 16 heavy (non-hydrogen) atoms. The predicted octanol–water partition coefficient (Wildman–Crippen LogP) is 1.80. The molecule has 0 bridgehead atoms. The van der Waals surface area contributed by atoms with Gasteiger partial charge in [0.1, 0.15) is 0 Å². The summed E-state index contributed by atoms with van der Waals surface area (Å²) in [5.41, 5.74) is 2.30. The molecule has 0 saturated carbocycles. The molecule has 0 radical (unpaired) electrons. The van der Waals surface area contributed by atoms with E-state index in [-0.39, 0.29) is 6.42 Å². The van der Waals surface area contributed by atoms with E-state index in [1.54, 1.807) is 18.2 Å². The summed E-state index contributed by atoms with van der Waals surface area (Å²) in [5, 5.41) is 8.60. The number of methoxy groups -OCH3 is 1. The summed E-state index contributed by atoms with van der Waals surface area (Å²) in [7, 11) is 1.32. The Kier molecular flexibility index (Phi) is 4.05. The summed E-state index contributed by atoms with van der Waals surface area (Å²) in [6.45, 7) is 1.89. The number of ether oxygens (including phenoxy) is 1. The van der Waals surface area contributed by atoms with Crippen molar-refractivity contribution in [1.82, 2.24) is 0 Å². The molecule has 0 saturated heterocycles. The molecule has 0 aliphatic heterocycles. The van der Waals surface area contributed by atoms with Crippen molar-refractivity contribution in [2.24, 2.45) is 0 Å². The van der Waals surface area contributed by atoms with Crippen LogP contribution in [0.25, 0.3) is 0 Å². The lowest BCUT2D eigenvalue weighted by Crippen LogP contribution is -2.04. The molecule has 0 aliphatic carbocycles. The number of carbonyl (C=O) groups excluding carboxylic acids is 1. The largest absolute Gasteiger partial charge is 0.481 e. The SMILES string of the molecule is COC(=O)c1ccc(C)c(CCC(=O)O)c1. The zero-order valence-corrected chi connectivity index (χ0v) is 9.32. The Morgan fingerprint density at radius 1 is 1.38 bits per heavy atom. The van der Waals surface area contributed by atoms with Crippen LogP contribution in [0, 0.1) is 6.92 Å². The van der Waals surface area contributed by atoms with Gasteiger partial charge in [-0.1, -0.05) is 6.07 Å². The Balaban J connectivity index is 2.90. The van der Waals surface area contributed by atoms with Gasteiger partial charge in [0.25, 0.3) is 0 Å². The molecule has 1 aromatic rings. The second-order valence-corrected chi connectivity index (χ2v) is 3.53. The maximum atomic E-state index is 11.3. The van der Waals surface area contributed by atoms with E-state index in [1.807, 2.05) is 6.92 Å². The molecule has 0 spiro atoms. The summed E-state index contributed by atoms with van der Waals surface area (Å²) in [6, 6.07) is 5.15. The Hall–Kier alpha value is -1.84. The van der Waals surface area contributed by atoms with Crippen LogP contribution in [0.3, 0.4) is 0 Å². The molecule has 0 unspecified atom stereocenters. The molecule has 86 valence electrons. The van der Waals surface area contributed by atoms with Gasteiger partial charge in [-0.3, -0.25) is 4.79 Å². The van der Waals surface area contributed by atoms with Crippen LogP contribution in [-0.2, 0) is 16.0 Å². The van der Waals surface area contributed by atoms with Crippen molar-refractivity contribution >= 4 is 11.9 Å². The summed E-state index contributed by atoms with van der Waals surface area (Å²) in [6.07, 6.45) is 0.484. The summed E-state index contributed by atoms with van der Waals surface area (Å²) < 4.78 is 4.60. The van der Waals surface area contributed by atoms with Crippen molar-refractivity contribution in [2.45, 2.75) is 19.8 Å². The van der Waals surface area contributed by atoms with Crippen molar-refractivity contribution in [3.05, 3.63) is 34.9 Å². The van der Waals surface area contributed by atoms with E-state index in [9.17, 15) is 9.59 Å². The Labute approximate surface area is 93.9 Å². The highest BCUT2D eigenvalue weighted by Gasteiger charge is 2.08. The van der Waals surface area contributed by atoms with Gasteiger partial charge in [-0.2, -0.15) is 0 Å². The van der Waals surface area contributed by atoms with E-state index in [4.69, 9.17) is 5.11 Å². The normalized spacial score (nSPS) is 9.88. The fraction of sp³-hybridized carbons (Fsp3) is 0.333. The minimum absolute atomic E-state index is 0.0610. The summed E-state index contributed by atoms with van der Waals surface area (Å²) in [4.78, 5) is 21.7. The zero-order chi connectivity index (χ0) is 12.1. The Morgan fingerprint density at radius 3 is 2.62 bits per heavy atom. The lowest BCUT2D eigenvalue weighted by Gasteiger charge is -2.06. The van der Waals surface area contributed by atoms with Crippen LogP contribution < -0.4 is 0 Å². The zero-order valence-electron chi connectivity index (χ0n) is 9.32. The van der Waals surface area contributed by atoms with Gasteiger partial charge in [0, 0.05) is 6.42 Å². The van der Waals surface area contributed by atoms with E-state index in [0.717, 1.165) is 11.1 Å². The summed E-state index contributed by atoms with van der Waals surface area (Å²) in [5.74, 6) is -1.25. The number of carboxylic acid groups (broad SMARTS) is 1. The molecule has 0 aromatic heterocycles. The first-order valence-electron chi connectivity index (χ1n) is 4.94. The first kappa shape index (κ1) is 12.2. The van der Waals surface area contributed by atoms with Crippen molar-refractivity contribution < 1.29 is 19.4 Å². The highest BCUT2D eigenvalue weighted by Crippen LogP contribution is 2.14.